The lowest BCUT2D eigenvalue weighted by molar-refractivity contribution is -0.0508. The summed E-state index contributed by atoms with van der Waals surface area (Å²) in [5.74, 6) is 0.953. The highest BCUT2D eigenvalue weighted by Crippen LogP contribution is 2.32. The van der Waals surface area contributed by atoms with Gasteiger partial charge in [0.2, 0.25) is 0 Å². The molecule has 0 saturated carbocycles. The van der Waals surface area contributed by atoms with Crippen molar-refractivity contribution in [3.05, 3.63) is 18.1 Å². The number of aliphatic hydroxyl groups excluding tert-OH is 3. The SMILES string of the molecule is CCc1nc(N)c2ccn(C3OC(CO)C(O)C3O)c2n1. The number of nitrogen functional groups attached to an aromatic ring is 1. The first kappa shape index (κ1) is 14.2. The predicted octanol–water partition coefficient (Wildman–Crippen LogP) is -0.813. The van der Waals surface area contributed by atoms with Gasteiger partial charge in [-0.25, -0.2) is 9.97 Å². The Morgan fingerprint density at radius 2 is 2.10 bits per heavy atom. The highest BCUT2D eigenvalue weighted by atomic mass is 16.6. The van der Waals surface area contributed by atoms with Gasteiger partial charge in [0, 0.05) is 12.6 Å². The summed E-state index contributed by atoms with van der Waals surface area (Å²) in [6.45, 7) is 1.55. The Hall–Kier alpha value is -1.74. The monoisotopic (exact) mass is 294 g/mol. The second-order valence-corrected chi connectivity index (χ2v) is 5.07. The minimum Gasteiger partial charge on any atom is -0.394 e. The zero-order valence-electron chi connectivity index (χ0n) is 11.5. The van der Waals surface area contributed by atoms with Crippen molar-refractivity contribution in [1.29, 1.82) is 0 Å². The summed E-state index contributed by atoms with van der Waals surface area (Å²) in [6.07, 6.45) is -1.65. The van der Waals surface area contributed by atoms with E-state index in [1.807, 2.05) is 6.92 Å². The molecule has 2 aromatic rings. The maximum absolute atomic E-state index is 10.1. The molecule has 5 N–H and O–H groups in total. The molecule has 3 heterocycles. The van der Waals surface area contributed by atoms with Crippen molar-refractivity contribution in [3.8, 4) is 0 Å². The van der Waals surface area contributed by atoms with E-state index in [1.54, 1.807) is 16.8 Å². The minimum atomic E-state index is -1.15. The van der Waals surface area contributed by atoms with Crippen LogP contribution in [0.4, 0.5) is 5.82 Å². The molecule has 4 unspecified atom stereocenters. The number of fused-ring (bicyclic) bond motifs is 1. The molecule has 0 aromatic carbocycles. The molecular weight excluding hydrogens is 276 g/mol. The number of hydrogen-bond acceptors (Lipinski definition) is 7. The first-order valence-corrected chi connectivity index (χ1v) is 6.82. The number of hydrogen-bond donors (Lipinski definition) is 4. The Morgan fingerprint density at radius 3 is 2.71 bits per heavy atom. The molecule has 0 amide bonds. The zero-order valence-corrected chi connectivity index (χ0v) is 11.5. The Balaban J connectivity index is 2.07. The number of anilines is 1. The van der Waals surface area contributed by atoms with Crippen LogP contribution in [0, 0.1) is 0 Å². The standard InChI is InChI=1S/C13H18N4O4/c1-2-8-15-11(14)6-3-4-17(12(6)16-8)13-10(20)9(19)7(5-18)21-13/h3-4,7,9-10,13,18-20H,2,5H2,1H3,(H2,14,15,16). The first-order valence-electron chi connectivity index (χ1n) is 6.82. The van der Waals surface area contributed by atoms with E-state index in [0.717, 1.165) is 0 Å². The Labute approximate surface area is 120 Å². The lowest BCUT2D eigenvalue weighted by Gasteiger charge is -2.17. The van der Waals surface area contributed by atoms with E-state index in [9.17, 15) is 10.2 Å². The van der Waals surface area contributed by atoms with Crippen LogP contribution in [0.1, 0.15) is 19.0 Å². The molecule has 1 aliphatic rings. The van der Waals surface area contributed by atoms with E-state index in [4.69, 9.17) is 15.6 Å². The van der Waals surface area contributed by atoms with Gasteiger partial charge in [0.25, 0.3) is 0 Å². The van der Waals surface area contributed by atoms with Crippen LogP contribution < -0.4 is 5.73 Å². The van der Waals surface area contributed by atoms with Crippen molar-refractivity contribution in [3.63, 3.8) is 0 Å². The summed E-state index contributed by atoms with van der Waals surface area (Å²) in [5.41, 5.74) is 6.44. The quantitative estimate of drug-likeness (QED) is 0.583. The van der Waals surface area contributed by atoms with Gasteiger partial charge in [0.05, 0.1) is 12.0 Å². The van der Waals surface area contributed by atoms with Crippen LogP contribution in [0.25, 0.3) is 11.0 Å². The third-order valence-corrected chi connectivity index (χ3v) is 3.76. The molecule has 1 aliphatic heterocycles. The number of nitrogens with zero attached hydrogens (tertiary/aromatic N) is 3. The smallest absolute Gasteiger partial charge is 0.164 e. The highest BCUT2D eigenvalue weighted by Gasteiger charge is 2.43. The summed E-state index contributed by atoms with van der Waals surface area (Å²) in [4.78, 5) is 8.59. The molecule has 4 atom stereocenters. The molecule has 114 valence electrons. The zero-order chi connectivity index (χ0) is 15.1. The van der Waals surface area contributed by atoms with Crippen molar-refractivity contribution in [2.45, 2.75) is 37.9 Å². The molecule has 8 nitrogen and oxygen atoms in total. The average molecular weight is 294 g/mol. The lowest BCUT2D eigenvalue weighted by Crippen LogP contribution is -2.33. The molecule has 0 bridgehead atoms. The average Bonchev–Trinajstić information content (AvgIpc) is 3.02. The van der Waals surface area contributed by atoms with Gasteiger partial charge in [0.15, 0.2) is 6.23 Å². The molecule has 8 heteroatoms. The summed E-state index contributed by atoms with van der Waals surface area (Å²) in [6, 6.07) is 1.73. The van der Waals surface area contributed by atoms with Crippen molar-refractivity contribution < 1.29 is 20.1 Å². The number of rotatable bonds is 3. The van der Waals surface area contributed by atoms with Crippen molar-refractivity contribution in [2.75, 3.05) is 12.3 Å². The fourth-order valence-corrected chi connectivity index (χ4v) is 2.58. The van der Waals surface area contributed by atoms with E-state index >= 15 is 0 Å². The van der Waals surface area contributed by atoms with Gasteiger partial charge in [-0.3, -0.25) is 0 Å². The van der Waals surface area contributed by atoms with E-state index in [2.05, 4.69) is 9.97 Å². The summed E-state index contributed by atoms with van der Waals surface area (Å²) in [7, 11) is 0. The number of aliphatic hydroxyl groups is 3. The number of nitrogens with two attached hydrogens (primary N) is 1. The highest BCUT2D eigenvalue weighted by molar-refractivity contribution is 5.86. The molecule has 0 radical (unpaired) electrons. The molecule has 1 fully saturated rings. The van der Waals surface area contributed by atoms with Gasteiger partial charge in [0.1, 0.15) is 35.6 Å². The van der Waals surface area contributed by atoms with E-state index in [1.165, 1.54) is 0 Å². The maximum atomic E-state index is 10.1. The molecule has 0 spiro atoms. The molecule has 0 aliphatic carbocycles. The largest absolute Gasteiger partial charge is 0.394 e. The normalized spacial score (nSPS) is 29.3. The second-order valence-electron chi connectivity index (χ2n) is 5.07. The van der Waals surface area contributed by atoms with Crippen molar-refractivity contribution in [1.82, 2.24) is 14.5 Å². The van der Waals surface area contributed by atoms with Crippen molar-refractivity contribution >= 4 is 16.9 Å². The van der Waals surface area contributed by atoms with Crippen molar-refractivity contribution in [2.24, 2.45) is 0 Å². The Morgan fingerprint density at radius 1 is 1.33 bits per heavy atom. The molecule has 21 heavy (non-hydrogen) atoms. The van der Waals surface area contributed by atoms with E-state index < -0.39 is 24.5 Å². The third-order valence-electron chi connectivity index (χ3n) is 3.76. The summed E-state index contributed by atoms with van der Waals surface area (Å²) in [5, 5.41) is 29.8. The van der Waals surface area contributed by atoms with Crippen LogP contribution in [0.15, 0.2) is 12.3 Å². The van der Waals surface area contributed by atoms with Gasteiger partial charge >= 0.3 is 0 Å². The molecule has 2 aromatic heterocycles. The first-order chi connectivity index (χ1) is 10.1. The van der Waals surface area contributed by atoms with Gasteiger partial charge < -0.3 is 30.4 Å². The topological polar surface area (TPSA) is 127 Å². The van der Waals surface area contributed by atoms with Crippen LogP contribution in [0.3, 0.4) is 0 Å². The maximum Gasteiger partial charge on any atom is 0.164 e. The molecular formula is C13H18N4O4. The van der Waals surface area contributed by atoms with E-state index in [-0.39, 0.29) is 6.61 Å². The number of aromatic nitrogens is 3. The van der Waals surface area contributed by atoms with Crippen LogP contribution >= 0.6 is 0 Å². The Bertz CT molecular complexity index is 659. The Kier molecular flexibility index (Phi) is 3.54. The van der Waals surface area contributed by atoms with E-state index in [0.29, 0.717) is 29.1 Å². The molecule has 3 rings (SSSR count). The fraction of sp³-hybridized carbons (Fsp3) is 0.538. The molecule has 1 saturated heterocycles. The van der Waals surface area contributed by atoms with Gasteiger partial charge in [-0.1, -0.05) is 6.92 Å². The van der Waals surface area contributed by atoms with Gasteiger partial charge in [-0.15, -0.1) is 0 Å². The predicted molar refractivity (Wildman–Crippen MR) is 74.3 cm³/mol. The lowest BCUT2D eigenvalue weighted by atomic mass is 10.1. The van der Waals surface area contributed by atoms with Gasteiger partial charge in [-0.2, -0.15) is 0 Å². The minimum absolute atomic E-state index is 0.363. The number of aryl methyl sites for hydroxylation is 1. The summed E-state index contributed by atoms with van der Waals surface area (Å²) < 4.78 is 7.12. The fourth-order valence-electron chi connectivity index (χ4n) is 2.58. The third kappa shape index (κ3) is 2.16. The van der Waals surface area contributed by atoms with Crippen LogP contribution in [-0.4, -0.2) is 54.8 Å². The van der Waals surface area contributed by atoms with Gasteiger partial charge in [-0.05, 0) is 6.07 Å². The van der Waals surface area contributed by atoms with Crippen LogP contribution in [0.2, 0.25) is 0 Å². The second kappa shape index (κ2) is 5.23. The van der Waals surface area contributed by atoms with Crippen LogP contribution in [-0.2, 0) is 11.2 Å². The number of ether oxygens (including phenoxy) is 1. The van der Waals surface area contributed by atoms with Crippen LogP contribution in [0.5, 0.6) is 0 Å². The summed E-state index contributed by atoms with van der Waals surface area (Å²) >= 11 is 0.